The predicted octanol–water partition coefficient (Wildman–Crippen LogP) is 14.2. The maximum atomic E-state index is 14.8. The summed E-state index contributed by atoms with van der Waals surface area (Å²) >= 11 is 19.2. The molecule has 0 fully saturated rings. The van der Waals surface area contributed by atoms with Gasteiger partial charge < -0.3 is 24.7 Å². The average molecular weight is 1170 g/mol. The van der Waals surface area contributed by atoms with E-state index in [9.17, 15) is 45.0 Å². The number of alkyl halides is 6. The minimum absolute atomic E-state index is 0.0841. The number of nitrogens with zero attached hydrogens (tertiary/aromatic N) is 1. The van der Waals surface area contributed by atoms with Crippen LogP contribution in [0, 0.1) is 0 Å². The third-order valence-corrected chi connectivity index (χ3v) is 16.3. The van der Waals surface area contributed by atoms with E-state index in [1.807, 2.05) is 6.07 Å². The summed E-state index contributed by atoms with van der Waals surface area (Å²) in [5.41, 5.74) is -4.78. The first kappa shape index (κ1) is 53.1. The fraction of sp³-hybridized carbons (Fsp3) is 0.346. The van der Waals surface area contributed by atoms with Gasteiger partial charge in [-0.3, -0.25) is 0 Å². The zero-order valence-electron chi connectivity index (χ0n) is 38.6. The molecule has 0 spiro atoms. The first-order valence-electron chi connectivity index (χ1n) is 22.4. The van der Waals surface area contributed by atoms with Crippen LogP contribution in [0.3, 0.4) is 0 Å². The zero-order valence-corrected chi connectivity index (χ0v) is 44.1. The van der Waals surface area contributed by atoms with Crippen molar-refractivity contribution in [3.05, 3.63) is 156 Å². The number of ether oxygens (including phenoxy) is 2. The molecule has 5 aromatic carbocycles. The van der Waals surface area contributed by atoms with Crippen molar-refractivity contribution < 1.29 is 54.4 Å². The lowest BCUT2D eigenvalue weighted by atomic mass is 9.73. The molecule has 2 atom stereocenters. The van der Waals surface area contributed by atoms with Crippen LogP contribution < -0.4 is 9.47 Å². The molecule has 378 valence electrons. The van der Waals surface area contributed by atoms with Gasteiger partial charge in [-0.15, -0.1) is 0 Å². The Morgan fingerprint density at radius 2 is 1.14 bits per heavy atom. The number of H-pyrrole nitrogens is 1. The SMILES string of the molecule is CC(C)(CC(O)(Cc1cc2cc(Br)ccc2[nH]1)C(F)(F)F)c1cc(Cl)cc2c1OCC2.CC(C)(CC(O)(Cc1cc2cc(Br)ccc2n1S(=O)(=O)c1ccccc1)C(F)(F)F)c1cc(Cl)cc2c1OCC2. The van der Waals surface area contributed by atoms with E-state index in [1.165, 1.54) is 36.4 Å². The highest BCUT2D eigenvalue weighted by atomic mass is 79.9. The monoisotopic (exact) mass is 1170 g/mol. The molecule has 19 heteroatoms. The van der Waals surface area contributed by atoms with Crippen LogP contribution in [0.4, 0.5) is 26.3 Å². The highest BCUT2D eigenvalue weighted by Crippen LogP contribution is 2.50. The van der Waals surface area contributed by atoms with Crippen molar-refractivity contribution >= 4 is 86.9 Å². The second-order valence-corrected chi connectivity index (χ2v) is 24.1. The number of aliphatic hydroxyl groups is 2. The number of hydrogen-bond donors (Lipinski definition) is 3. The Hall–Kier alpha value is -4.23. The van der Waals surface area contributed by atoms with E-state index in [-0.39, 0.29) is 16.1 Å². The Bertz CT molecular complexity index is 3270. The number of halogens is 10. The van der Waals surface area contributed by atoms with Crippen LogP contribution in [0.2, 0.25) is 10.0 Å². The van der Waals surface area contributed by atoms with Crippen molar-refractivity contribution in [2.45, 2.75) is 106 Å². The summed E-state index contributed by atoms with van der Waals surface area (Å²) in [7, 11) is -4.31. The third-order valence-electron chi connectivity index (χ3n) is 13.1. The number of rotatable bonds is 12. The van der Waals surface area contributed by atoms with Crippen LogP contribution in [0.1, 0.15) is 74.2 Å². The minimum atomic E-state index is -5.09. The Labute approximate surface area is 433 Å². The number of hydrogen-bond acceptors (Lipinski definition) is 6. The lowest BCUT2D eigenvalue weighted by Crippen LogP contribution is -2.51. The minimum Gasteiger partial charge on any atom is -0.493 e. The van der Waals surface area contributed by atoms with Crippen LogP contribution in [0.15, 0.2) is 117 Å². The largest absolute Gasteiger partial charge is 0.493 e. The normalized spacial score (nSPS) is 15.9. The van der Waals surface area contributed by atoms with Gasteiger partial charge in [-0.05, 0) is 120 Å². The number of aromatic nitrogens is 2. The van der Waals surface area contributed by atoms with E-state index in [4.69, 9.17) is 32.7 Å². The predicted molar refractivity (Wildman–Crippen MR) is 271 cm³/mol. The number of fused-ring (bicyclic) bond motifs is 4. The van der Waals surface area contributed by atoms with E-state index in [1.54, 1.807) is 88.4 Å². The van der Waals surface area contributed by atoms with Gasteiger partial charge in [-0.1, -0.05) is 101 Å². The lowest BCUT2D eigenvalue weighted by Gasteiger charge is -2.38. The summed E-state index contributed by atoms with van der Waals surface area (Å²) in [6.07, 6.45) is -11.6. The van der Waals surface area contributed by atoms with Crippen LogP contribution in [-0.2, 0) is 46.5 Å². The van der Waals surface area contributed by atoms with Gasteiger partial charge in [-0.25, -0.2) is 12.4 Å². The molecule has 0 radical (unpaired) electrons. The number of aromatic amines is 1. The molecular weight excluding hydrogens is 1130 g/mol. The summed E-state index contributed by atoms with van der Waals surface area (Å²) in [5.74, 6) is 1.05. The van der Waals surface area contributed by atoms with Crippen LogP contribution in [0.25, 0.3) is 21.8 Å². The van der Waals surface area contributed by atoms with Crippen molar-refractivity contribution in [1.29, 1.82) is 0 Å². The lowest BCUT2D eigenvalue weighted by molar-refractivity contribution is -0.266. The van der Waals surface area contributed by atoms with E-state index < -0.39 is 70.1 Å². The molecule has 2 aliphatic rings. The van der Waals surface area contributed by atoms with E-state index in [2.05, 4.69) is 36.8 Å². The van der Waals surface area contributed by atoms with Gasteiger partial charge in [0, 0.05) is 83.5 Å². The highest BCUT2D eigenvalue weighted by molar-refractivity contribution is 9.10. The van der Waals surface area contributed by atoms with E-state index >= 15 is 0 Å². The molecule has 0 bridgehead atoms. The van der Waals surface area contributed by atoms with Gasteiger partial charge in [0.1, 0.15) is 11.5 Å². The molecule has 0 saturated carbocycles. The molecule has 9 rings (SSSR count). The van der Waals surface area contributed by atoms with Crippen LogP contribution in [-0.4, -0.2) is 64.4 Å². The summed E-state index contributed by atoms with van der Waals surface area (Å²) in [6.45, 7) is 7.39. The second kappa shape index (κ2) is 19.2. The van der Waals surface area contributed by atoms with Gasteiger partial charge in [0.2, 0.25) is 0 Å². The maximum absolute atomic E-state index is 14.8. The summed E-state index contributed by atoms with van der Waals surface area (Å²) in [6, 6.07) is 27.4. The Morgan fingerprint density at radius 3 is 1.66 bits per heavy atom. The molecule has 2 aromatic heterocycles. The van der Waals surface area contributed by atoms with Crippen molar-refractivity contribution in [3.63, 3.8) is 0 Å². The summed E-state index contributed by atoms with van der Waals surface area (Å²) in [4.78, 5) is 2.92. The molecule has 8 nitrogen and oxygen atoms in total. The topological polar surface area (TPSA) is 114 Å². The van der Waals surface area contributed by atoms with Crippen LogP contribution >= 0.6 is 55.1 Å². The molecule has 0 aliphatic carbocycles. The second-order valence-electron chi connectivity index (χ2n) is 19.6. The zero-order chi connectivity index (χ0) is 51.7. The standard InChI is InChI=1S/C29H26BrClF3NO4S.C23H22BrClF3NO2/c1-27(2,24-15-21(31)13-18-10-11-39-26(18)24)17-28(36,29(32,33)34)16-22-14-19-12-20(30)8-9-25(19)35(22)40(37,38)23-6-4-3-5-7-23;1-21(2,18-10-16(25)8-13-5-6-31-20(13)18)12-22(30,23(26,27)28)11-17-9-14-7-15(24)3-4-19(14)29-17/h3-9,12-15,36H,10-11,16-17H2,1-2H3;3-4,7-10,29-30H,5-6,11-12H2,1-2H3. The third kappa shape index (κ3) is 10.7. The summed E-state index contributed by atoms with van der Waals surface area (Å²) in [5, 5.41) is 24.4. The Kier molecular flexibility index (Phi) is 14.4. The molecule has 0 amide bonds. The molecule has 3 N–H and O–H groups in total. The highest BCUT2D eigenvalue weighted by Gasteiger charge is 2.58. The van der Waals surface area contributed by atoms with Crippen LogP contribution in [0.5, 0.6) is 11.5 Å². The molecule has 4 heterocycles. The first-order chi connectivity index (χ1) is 33.0. The van der Waals surface area contributed by atoms with Crippen molar-refractivity contribution in [3.8, 4) is 11.5 Å². The summed E-state index contributed by atoms with van der Waals surface area (Å²) < 4.78 is 128. The molecule has 71 heavy (non-hydrogen) atoms. The fourth-order valence-electron chi connectivity index (χ4n) is 9.92. The quantitative estimate of drug-likeness (QED) is 0.105. The van der Waals surface area contributed by atoms with Crippen molar-refractivity contribution in [1.82, 2.24) is 8.96 Å². The van der Waals surface area contributed by atoms with Crippen molar-refractivity contribution in [2.24, 2.45) is 0 Å². The van der Waals surface area contributed by atoms with Crippen molar-refractivity contribution in [2.75, 3.05) is 13.2 Å². The molecular formula is C52H48Br2Cl2F6N2O6S. The van der Waals surface area contributed by atoms with Gasteiger partial charge in [0.15, 0.2) is 11.2 Å². The molecule has 2 aliphatic heterocycles. The van der Waals surface area contributed by atoms with Gasteiger partial charge in [0.05, 0.1) is 23.6 Å². The Balaban J connectivity index is 0.000000197. The average Bonchev–Trinajstić information content (AvgIpc) is 4.08. The number of nitrogens with one attached hydrogen (secondary N) is 1. The molecule has 2 unspecified atom stereocenters. The van der Waals surface area contributed by atoms with E-state index in [0.717, 1.165) is 25.0 Å². The maximum Gasteiger partial charge on any atom is 0.417 e. The Morgan fingerprint density at radius 1 is 0.648 bits per heavy atom. The first-order valence-corrected chi connectivity index (χ1v) is 26.2. The molecule has 0 saturated heterocycles. The fourth-order valence-corrected chi connectivity index (χ4v) is 12.7. The van der Waals surface area contributed by atoms with Gasteiger partial charge in [0.25, 0.3) is 10.0 Å². The molecule has 7 aromatic rings. The van der Waals surface area contributed by atoms with Gasteiger partial charge >= 0.3 is 12.4 Å². The van der Waals surface area contributed by atoms with Gasteiger partial charge in [-0.2, -0.15) is 26.3 Å². The van der Waals surface area contributed by atoms with E-state index in [0.29, 0.717) is 79.8 Å². The smallest absolute Gasteiger partial charge is 0.417 e. The number of benzene rings is 5.